The van der Waals surface area contributed by atoms with Crippen molar-refractivity contribution in [3.05, 3.63) is 33.0 Å². The molecule has 0 bridgehead atoms. The Hall–Kier alpha value is -1.91. The molecule has 10 heteroatoms. The molecule has 1 aromatic carbocycles. The molecule has 1 fully saturated rings. The lowest BCUT2D eigenvalue weighted by Crippen LogP contribution is -2.44. The van der Waals surface area contributed by atoms with Crippen molar-refractivity contribution < 1.29 is 14.3 Å². The number of hydrogen-bond donors (Lipinski definition) is 1. The molecule has 2 aromatic rings. The number of fused-ring (bicyclic) bond motifs is 1. The molecule has 2 N–H and O–H groups in total. The van der Waals surface area contributed by atoms with E-state index in [0.717, 1.165) is 10.9 Å². The lowest BCUT2D eigenvalue weighted by atomic mass is 9.97. The number of halogens is 1. The maximum atomic E-state index is 13.0. The number of primary amides is 1. The van der Waals surface area contributed by atoms with E-state index in [9.17, 15) is 14.4 Å². The van der Waals surface area contributed by atoms with Gasteiger partial charge in [-0.1, -0.05) is 27.7 Å². The van der Waals surface area contributed by atoms with Gasteiger partial charge in [0, 0.05) is 24.7 Å². The summed E-state index contributed by atoms with van der Waals surface area (Å²) in [5.41, 5.74) is 5.80. The topological polar surface area (TPSA) is 108 Å². The van der Waals surface area contributed by atoms with Crippen LogP contribution in [0.2, 0.25) is 0 Å². The maximum Gasteiger partial charge on any atom is 0.262 e. The van der Waals surface area contributed by atoms with E-state index in [0.29, 0.717) is 48.7 Å². The third kappa shape index (κ3) is 5.18. The molecular formula is C19H23BrN4O4S. The number of likely N-dealkylation sites (tertiary alicyclic amines) is 1. The van der Waals surface area contributed by atoms with Gasteiger partial charge in [0.25, 0.3) is 5.56 Å². The minimum absolute atomic E-state index is 0.0932. The fourth-order valence-corrected chi connectivity index (χ4v) is 4.61. The fraction of sp³-hybridized carbons (Fsp3) is 0.474. The molecule has 1 unspecified atom stereocenters. The zero-order chi connectivity index (χ0) is 21.0. The third-order valence-electron chi connectivity index (χ3n) is 4.90. The predicted octanol–water partition coefficient (Wildman–Crippen LogP) is 1.62. The first-order chi connectivity index (χ1) is 13.9. The van der Waals surface area contributed by atoms with Crippen LogP contribution in [-0.4, -0.2) is 58.8 Å². The van der Waals surface area contributed by atoms with Crippen molar-refractivity contribution in [2.75, 3.05) is 32.6 Å². The summed E-state index contributed by atoms with van der Waals surface area (Å²) in [6.07, 6.45) is 1.47. The zero-order valence-electron chi connectivity index (χ0n) is 16.1. The van der Waals surface area contributed by atoms with Crippen LogP contribution in [0.1, 0.15) is 12.8 Å². The normalized spacial score (nSPS) is 16.9. The third-order valence-corrected chi connectivity index (χ3v) is 6.36. The van der Waals surface area contributed by atoms with Crippen molar-refractivity contribution in [2.24, 2.45) is 11.7 Å². The monoisotopic (exact) mass is 482 g/mol. The molecule has 1 saturated heterocycles. The van der Waals surface area contributed by atoms with Crippen LogP contribution >= 0.6 is 27.7 Å². The predicted molar refractivity (Wildman–Crippen MR) is 115 cm³/mol. The summed E-state index contributed by atoms with van der Waals surface area (Å²) < 4.78 is 7.46. The quantitative estimate of drug-likeness (QED) is 0.474. The lowest BCUT2D eigenvalue weighted by Gasteiger charge is -2.31. The molecule has 0 saturated carbocycles. The van der Waals surface area contributed by atoms with Crippen molar-refractivity contribution >= 4 is 50.4 Å². The van der Waals surface area contributed by atoms with Crippen LogP contribution in [0.3, 0.4) is 0 Å². The number of rotatable bonds is 7. The Labute approximate surface area is 180 Å². The molecule has 0 aliphatic carbocycles. The van der Waals surface area contributed by atoms with Crippen molar-refractivity contribution in [3.63, 3.8) is 0 Å². The number of ether oxygens (including phenoxy) is 1. The number of benzene rings is 1. The van der Waals surface area contributed by atoms with Gasteiger partial charge in [0.05, 0.1) is 35.7 Å². The average Bonchev–Trinajstić information content (AvgIpc) is 2.72. The Morgan fingerprint density at radius 2 is 2.21 bits per heavy atom. The summed E-state index contributed by atoms with van der Waals surface area (Å²) >= 11 is 4.60. The number of thioether (sulfide) groups is 1. The molecule has 2 heterocycles. The van der Waals surface area contributed by atoms with Gasteiger partial charge in [-0.05, 0) is 31.0 Å². The maximum absolute atomic E-state index is 13.0. The van der Waals surface area contributed by atoms with Gasteiger partial charge in [0.1, 0.15) is 0 Å². The van der Waals surface area contributed by atoms with Crippen LogP contribution in [0.5, 0.6) is 0 Å². The van der Waals surface area contributed by atoms with Gasteiger partial charge in [-0.15, -0.1) is 0 Å². The van der Waals surface area contributed by atoms with Crippen LogP contribution in [0.25, 0.3) is 10.9 Å². The van der Waals surface area contributed by atoms with Crippen molar-refractivity contribution in [2.45, 2.75) is 24.5 Å². The summed E-state index contributed by atoms with van der Waals surface area (Å²) in [5, 5.41) is 0.977. The van der Waals surface area contributed by atoms with Gasteiger partial charge < -0.3 is 15.4 Å². The fourth-order valence-electron chi connectivity index (χ4n) is 3.32. The number of methoxy groups -OCH3 is 1. The summed E-state index contributed by atoms with van der Waals surface area (Å²) in [6, 6.07) is 5.34. The second-order valence-corrected chi connectivity index (χ2v) is 8.73. The van der Waals surface area contributed by atoms with Gasteiger partial charge in [0.2, 0.25) is 11.8 Å². The number of hydrogen-bond acceptors (Lipinski definition) is 6. The van der Waals surface area contributed by atoms with E-state index < -0.39 is 0 Å². The largest absolute Gasteiger partial charge is 0.383 e. The summed E-state index contributed by atoms with van der Waals surface area (Å²) in [6.45, 7) is 1.66. The summed E-state index contributed by atoms with van der Waals surface area (Å²) in [7, 11) is 1.57. The number of nitrogens with zero attached hydrogens (tertiary/aromatic N) is 3. The Balaban J connectivity index is 1.81. The molecule has 8 nitrogen and oxygen atoms in total. The first-order valence-corrected chi connectivity index (χ1v) is 11.1. The molecule has 0 radical (unpaired) electrons. The number of carbonyl (C=O) groups excluding carboxylic acids is 2. The summed E-state index contributed by atoms with van der Waals surface area (Å²) in [5.74, 6) is -0.627. The average molecular weight is 483 g/mol. The van der Waals surface area contributed by atoms with Crippen LogP contribution < -0.4 is 11.3 Å². The van der Waals surface area contributed by atoms with Gasteiger partial charge >= 0.3 is 0 Å². The Kier molecular flexibility index (Phi) is 7.31. The molecule has 1 aliphatic heterocycles. The van der Waals surface area contributed by atoms with E-state index in [1.807, 2.05) is 6.07 Å². The van der Waals surface area contributed by atoms with Gasteiger partial charge in [-0.3, -0.25) is 19.0 Å². The summed E-state index contributed by atoms with van der Waals surface area (Å²) in [4.78, 5) is 43.3. The van der Waals surface area contributed by atoms with E-state index in [-0.39, 0.29) is 29.0 Å². The van der Waals surface area contributed by atoms with Crippen molar-refractivity contribution in [1.82, 2.24) is 14.5 Å². The van der Waals surface area contributed by atoms with Crippen molar-refractivity contribution in [3.8, 4) is 0 Å². The standard InChI is InChI=1S/C19H23BrN4O4S/c1-28-8-7-24-18(27)14-9-13(20)4-5-15(14)22-19(24)29-11-16(25)23-6-2-3-12(10-23)17(21)26/h4-5,9,12H,2-3,6-8,10-11H2,1H3,(H2,21,26). The smallest absolute Gasteiger partial charge is 0.262 e. The van der Waals surface area contributed by atoms with E-state index in [2.05, 4.69) is 20.9 Å². The number of carbonyl (C=O) groups is 2. The second-order valence-electron chi connectivity index (χ2n) is 6.88. The molecule has 2 amide bonds. The molecule has 1 aliphatic rings. The molecule has 1 aromatic heterocycles. The number of nitrogens with two attached hydrogens (primary N) is 1. The SMILES string of the molecule is COCCn1c(SCC(=O)N2CCCC(C(N)=O)C2)nc2ccc(Br)cc2c1=O. The molecular weight excluding hydrogens is 460 g/mol. The number of amides is 2. The molecule has 0 spiro atoms. The van der Waals surface area contributed by atoms with Gasteiger partial charge in [-0.2, -0.15) is 0 Å². The number of aromatic nitrogens is 2. The van der Waals surface area contributed by atoms with E-state index in [1.54, 1.807) is 28.7 Å². The lowest BCUT2D eigenvalue weighted by molar-refractivity contribution is -0.132. The van der Waals surface area contributed by atoms with Crippen LogP contribution in [0.4, 0.5) is 0 Å². The van der Waals surface area contributed by atoms with E-state index in [1.165, 1.54) is 11.8 Å². The van der Waals surface area contributed by atoms with E-state index >= 15 is 0 Å². The molecule has 156 valence electrons. The highest BCUT2D eigenvalue weighted by atomic mass is 79.9. The highest BCUT2D eigenvalue weighted by Gasteiger charge is 2.27. The minimum Gasteiger partial charge on any atom is -0.383 e. The van der Waals surface area contributed by atoms with E-state index in [4.69, 9.17) is 10.5 Å². The Morgan fingerprint density at radius 3 is 2.93 bits per heavy atom. The van der Waals surface area contributed by atoms with Gasteiger partial charge in [-0.25, -0.2) is 4.98 Å². The molecule has 1 atom stereocenters. The van der Waals surface area contributed by atoms with Crippen LogP contribution in [-0.2, 0) is 20.9 Å². The van der Waals surface area contributed by atoms with Crippen LogP contribution in [0, 0.1) is 5.92 Å². The number of piperidine rings is 1. The highest BCUT2D eigenvalue weighted by molar-refractivity contribution is 9.10. The van der Waals surface area contributed by atoms with Crippen LogP contribution in [0.15, 0.2) is 32.6 Å². The Morgan fingerprint density at radius 1 is 1.41 bits per heavy atom. The van der Waals surface area contributed by atoms with Crippen molar-refractivity contribution in [1.29, 1.82) is 0 Å². The second kappa shape index (κ2) is 9.73. The first kappa shape index (κ1) is 21.8. The highest BCUT2D eigenvalue weighted by Crippen LogP contribution is 2.22. The molecule has 29 heavy (non-hydrogen) atoms. The van der Waals surface area contributed by atoms with Gasteiger partial charge in [0.15, 0.2) is 5.16 Å². The minimum atomic E-state index is -0.370. The Bertz CT molecular complexity index is 981. The zero-order valence-corrected chi connectivity index (χ0v) is 18.5. The first-order valence-electron chi connectivity index (χ1n) is 9.29. The molecule has 3 rings (SSSR count).